The molecular weight excluding hydrogens is 725 g/mol. The van der Waals surface area contributed by atoms with Gasteiger partial charge in [0, 0.05) is 60.8 Å². The smallest absolute Gasteiger partial charge is 0.0988 e. The van der Waals surface area contributed by atoms with E-state index in [2.05, 4.69) is 147 Å². The van der Waals surface area contributed by atoms with E-state index in [0.717, 1.165) is 74.8 Å². The number of aromatic nitrogens is 4. The van der Waals surface area contributed by atoms with E-state index in [1.807, 2.05) is 0 Å². The molecule has 0 aliphatic carbocycles. The minimum Gasteiger partial charge on any atom is -0.369 e. The van der Waals surface area contributed by atoms with E-state index in [4.69, 9.17) is 9.97 Å². The van der Waals surface area contributed by atoms with E-state index in [-0.39, 0.29) is 0 Å². The fourth-order valence-corrected chi connectivity index (χ4v) is 10.6. The largest absolute Gasteiger partial charge is 0.369 e. The predicted octanol–water partition coefficient (Wildman–Crippen LogP) is 10.6. The van der Waals surface area contributed by atoms with Gasteiger partial charge in [0.1, 0.15) is 0 Å². The second-order valence-corrected chi connectivity index (χ2v) is 17.3. The summed E-state index contributed by atoms with van der Waals surface area (Å²) in [5.74, 6) is 0.860. The van der Waals surface area contributed by atoms with Crippen LogP contribution in [0.1, 0.15) is 52.4 Å². The van der Waals surface area contributed by atoms with E-state index in [1.165, 1.54) is 119 Å². The first-order chi connectivity index (χ1) is 29.1. The van der Waals surface area contributed by atoms with Crippen LogP contribution in [0.5, 0.6) is 0 Å². The number of para-hydroxylation sites is 4. The molecule has 0 radical (unpaired) electrons. The molecule has 8 heteroatoms. The molecule has 8 nitrogen and oxygen atoms in total. The topological polar surface area (TPSA) is 48.6 Å². The van der Waals surface area contributed by atoms with Crippen molar-refractivity contribution >= 4 is 77.1 Å². The molecule has 0 atom stereocenters. The van der Waals surface area contributed by atoms with Gasteiger partial charge in [0.25, 0.3) is 0 Å². The first-order valence-electron chi connectivity index (χ1n) is 22.6. The maximum Gasteiger partial charge on any atom is 0.0988 e. The van der Waals surface area contributed by atoms with E-state index >= 15 is 0 Å². The van der Waals surface area contributed by atoms with Gasteiger partial charge in [-0.1, -0.05) is 86.6 Å². The fourth-order valence-electron chi connectivity index (χ4n) is 10.6. The second-order valence-electron chi connectivity index (χ2n) is 17.3. The van der Waals surface area contributed by atoms with Crippen molar-refractivity contribution in [2.75, 3.05) is 75.8 Å². The van der Waals surface area contributed by atoms with Gasteiger partial charge in [-0.3, -0.25) is 0 Å². The normalized spacial score (nSPS) is 16.5. The molecule has 4 aromatic heterocycles. The Morgan fingerprint density at radius 3 is 1.56 bits per heavy atom. The number of fused-ring (bicyclic) bond motifs is 10. The van der Waals surface area contributed by atoms with Crippen LogP contribution in [0.15, 0.2) is 97.1 Å². The van der Waals surface area contributed by atoms with Crippen molar-refractivity contribution in [1.29, 1.82) is 0 Å². The van der Waals surface area contributed by atoms with E-state index < -0.39 is 0 Å². The number of hydrogen-bond acceptors (Lipinski definition) is 6. The van der Waals surface area contributed by atoms with Crippen LogP contribution < -0.4 is 9.80 Å². The van der Waals surface area contributed by atoms with E-state index in [1.54, 1.807) is 0 Å². The number of rotatable bonds is 9. The van der Waals surface area contributed by atoms with E-state index in [0.29, 0.717) is 0 Å². The molecule has 3 aliphatic heterocycles. The summed E-state index contributed by atoms with van der Waals surface area (Å²) in [6.45, 7) is 17.1. The molecule has 304 valence electrons. The number of pyridine rings is 2. The molecule has 59 heavy (non-hydrogen) atoms. The first-order valence-corrected chi connectivity index (χ1v) is 22.6. The summed E-state index contributed by atoms with van der Waals surface area (Å²) in [6.07, 6.45) is 7.53. The average molecular weight is 785 g/mol. The number of aryl methyl sites for hydroxylation is 2. The van der Waals surface area contributed by atoms with Gasteiger partial charge in [0.05, 0.1) is 55.5 Å². The van der Waals surface area contributed by atoms with Gasteiger partial charge < -0.3 is 28.7 Å². The summed E-state index contributed by atoms with van der Waals surface area (Å²) in [6, 6.07) is 35.0. The Bertz CT molecular complexity index is 2750. The van der Waals surface area contributed by atoms with Crippen molar-refractivity contribution in [3.05, 3.63) is 97.1 Å². The van der Waals surface area contributed by atoms with Crippen molar-refractivity contribution in [1.82, 2.24) is 28.9 Å². The molecule has 0 N–H and O–H groups in total. The van der Waals surface area contributed by atoms with Gasteiger partial charge in [0.15, 0.2) is 0 Å². The molecule has 4 aromatic carbocycles. The molecule has 1 saturated heterocycles. The molecule has 0 bridgehead atoms. The summed E-state index contributed by atoms with van der Waals surface area (Å²) in [4.78, 5) is 20.6. The van der Waals surface area contributed by atoms with Crippen LogP contribution in [-0.4, -0.2) is 94.9 Å². The zero-order chi connectivity index (χ0) is 39.9. The van der Waals surface area contributed by atoms with Crippen LogP contribution in [0.2, 0.25) is 0 Å². The van der Waals surface area contributed by atoms with Gasteiger partial charge in [0.2, 0.25) is 0 Å². The summed E-state index contributed by atoms with van der Waals surface area (Å²) < 4.78 is 5.05. The Morgan fingerprint density at radius 1 is 0.559 bits per heavy atom. The highest BCUT2D eigenvalue weighted by molar-refractivity contribution is 6.18. The second kappa shape index (κ2) is 16.5. The minimum absolute atomic E-state index is 0.860. The molecule has 11 rings (SSSR count). The lowest BCUT2D eigenvalue weighted by Gasteiger charge is -2.32. The Labute approximate surface area is 349 Å². The number of nitrogens with zero attached hydrogens (tertiary/aromatic N) is 8. The van der Waals surface area contributed by atoms with Crippen LogP contribution in [0, 0.1) is 5.92 Å². The zero-order valence-corrected chi connectivity index (χ0v) is 35.4. The Balaban J connectivity index is 0.000000143. The van der Waals surface area contributed by atoms with Crippen molar-refractivity contribution in [2.24, 2.45) is 5.92 Å². The summed E-state index contributed by atoms with van der Waals surface area (Å²) >= 11 is 0. The van der Waals surface area contributed by atoms with Crippen LogP contribution in [0.4, 0.5) is 11.4 Å². The number of piperidine rings is 1. The number of anilines is 2. The first kappa shape index (κ1) is 38.0. The van der Waals surface area contributed by atoms with Crippen LogP contribution in [0.3, 0.4) is 0 Å². The number of hydrogen-bond donors (Lipinski definition) is 0. The Kier molecular flexibility index (Phi) is 10.6. The van der Waals surface area contributed by atoms with Gasteiger partial charge in [-0.2, -0.15) is 0 Å². The van der Waals surface area contributed by atoms with Crippen molar-refractivity contribution < 1.29 is 0 Å². The summed E-state index contributed by atoms with van der Waals surface area (Å²) in [5, 5.41) is 5.16. The third-order valence-electron chi connectivity index (χ3n) is 13.8. The molecular formula is C51H60N8. The predicted molar refractivity (Wildman–Crippen MR) is 250 cm³/mol. The van der Waals surface area contributed by atoms with Crippen LogP contribution >= 0.6 is 0 Å². The molecule has 0 saturated carbocycles. The fraction of sp³-hybridized carbons (Fsp3) is 0.412. The van der Waals surface area contributed by atoms with Gasteiger partial charge in [-0.25, -0.2) is 9.97 Å². The molecule has 0 spiro atoms. The van der Waals surface area contributed by atoms with Crippen molar-refractivity contribution in [3.8, 4) is 0 Å². The Hall–Kier alpha value is -5.18. The highest BCUT2D eigenvalue weighted by Gasteiger charge is 2.27. The quantitative estimate of drug-likeness (QED) is 0.145. The standard InChI is InChI=1S/C26H30N4.C25H30N4/c1-28-16-11-19(12-17-28)13-18-29-14-6-15-30-23-10-5-3-8-21(23)24-26(30)25(29)20-7-2-4-9-22(20)27-24;1-3-27(4-2)15-9-16-28-17-10-18-29-22-14-8-6-12-20(22)23-25(29)24(28)19-11-5-7-13-21(19)26-23/h2-5,7-10,19H,6,11-18H2,1H3;5-8,11-14H,3-4,9-10,15-18H2,1-2H3. The molecule has 0 unspecified atom stereocenters. The summed E-state index contributed by atoms with van der Waals surface area (Å²) in [7, 11) is 2.25. The molecule has 3 aliphatic rings. The lowest BCUT2D eigenvalue weighted by atomic mass is 9.93. The van der Waals surface area contributed by atoms with Crippen LogP contribution in [0.25, 0.3) is 65.7 Å². The molecule has 8 aromatic rings. The third-order valence-corrected chi connectivity index (χ3v) is 13.8. The monoisotopic (exact) mass is 784 g/mol. The molecule has 7 heterocycles. The maximum absolute atomic E-state index is 5.15. The molecule has 1 fully saturated rings. The van der Waals surface area contributed by atoms with Gasteiger partial charge in [-0.05, 0) is 108 Å². The van der Waals surface area contributed by atoms with Gasteiger partial charge >= 0.3 is 0 Å². The highest BCUT2D eigenvalue weighted by atomic mass is 15.2. The van der Waals surface area contributed by atoms with Gasteiger partial charge in [-0.15, -0.1) is 0 Å². The lowest BCUT2D eigenvalue weighted by molar-refractivity contribution is 0.213. The van der Waals surface area contributed by atoms with Crippen molar-refractivity contribution in [2.45, 2.75) is 65.5 Å². The third kappa shape index (κ3) is 6.98. The summed E-state index contributed by atoms with van der Waals surface area (Å²) in [5.41, 5.74) is 12.7. The SMILES string of the molecule is CCN(CC)CCCN1CCCn2c3ccccc3c3nc4ccccc4c1c32.CN1CCC(CCN2CCCn3c4ccccc4c4nc5ccccc5c2c43)CC1. The number of benzene rings is 4. The zero-order valence-electron chi connectivity index (χ0n) is 35.4. The highest BCUT2D eigenvalue weighted by Crippen LogP contribution is 2.42. The molecule has 0 amide bonds. The number of likely N-dealkylation sites (tertiary alicyclic amines) is 1. The van der Waals surface area contributed by atoms with Crippen molar-refractivity contribution in [3.63, 3.8) is 0 Å². The van der Waals surface area contributed by atoms with Crippen LogP contribution in [-0.2, 0) is 13.1 Å². The van der Waals surface area contributed by atoms with E-state index in [9.17, 15) is 0 Å². The minimum atomic E-state index is 0.860. The Morgan fingerprint density at radius 2 is 1.03 bits per heavy atom. The lowest BCUT2D eigenvalue weighted by Crippen LogP contribution is -2.33. The maximum atomic E-state index is 5.15. The average Bonchev–Trinajstić information content (AvgIpc) is 3.56.